The van der Waals surface area contributed by atoms with Gasteiger partial charge in [0.25, 0.3) is 0 Å². The van der Waals surface area contributed by atoms with Crippen LogP contribution < -0.4 is 4.90 Å². The van der Waals surface area contributed by atoms with Crippen molar-refractivity contribution in [3.63, 3.8) is 0 Å². The Kier molecular flexibility index (Phi) is 8.61. The number of para-hydroxylation sites is 2. The maximum absolute atomic E-state index is 2.56. The highest BCUT2D eigenvalue weighted by Crippen LogP contribution is 2.65. The minimum Gasteiger partial charge on any atom is -0.310 e. The van der Waals surface area contributed by atoms with Crippen molar-refractivity contribution in [3.8, 4) is 16.8 Å². The molecule has 2 spiro atoms. The van der Waals surface area contributed by atoms with Crippen LogP contribution in [-0.4, -0.2) is 4.57 Å². The SMILES string of the molecule is C1=CC2=C(CC1)c1cc(N(c3ccc4c(c3)C3(c5ccccc5Sc5ccccc53)c3ccccc3-4)c3ccc4c5ccccc5n(-c5ccccc5)c4c3)ccc1C21c2ccccc2Sc2ccccc21. The Labute approximate surface area is 427 Å². The van der Waals surface area contributed by atoms with Crippen molar-refractivity contribution in [1.82, 2.24) is 4.57 Å². The van der Waals surface area contributed by atoms with E-state index in [9.17, 15) is 0 Å². The van der Waals surface area contributed by atoms with E-state index in [1.165, 1.54) is 108 Å². The minimum atomic E-state index is -0.506. The number of hydrogen-bond acceptors (Lipinski definition) is 3. The van der Waals surface area contributed by atoms with Gasteiger partial charge < -0.3 is 9.47 Å². The Hall–Kier alpha value is -8.02. The quantitative estimate of drug-likeness (QED) is 0.174. The molecule has 0 radical (unpaired) electrons. The van der Waals surface area contributed by atoms with Crippen molar-refractivity contribution in [2.45, 2.75) is 43.3 Å². The van der Waals surface area contributed by atoms with Crippen LogP contribution in [0.3, 0.4) is 0 Å². The molecular weight excluding hydrogens is 909 g/mol. The van der Waals surface area contributed by atoms with Crippen LogP contribution in [0.25, 0.3) is 44.2 Å². The lowest BCUT2D eigenvalue weighted by molar-refractivity contribution is 0.713. The van der Waals surface area contributed by atoms with Gasteiger partial charge in [-0.1, -0.05) is 187 Å². The summed E-state index contributed by atoms with van der Waals surface area (Å²) in [6, 6.07) is 87.4. The third-order valence-corrected chi connectivity index (χ3v) is 18.7. The molecule has 72 heavy (non-hydrogen) atoms. The summed E-state index contributed by atoms with van der Waals surface area (Å²) in [6.07, 6.45) is 6.90. The average molecular weight is 953 g/mol. The molecule has 4 heteroatoms. The first kappa shape index (κ1) is 40.7. The van der Waals surface area contributed by atoms with Crippen LogP contribution in [0.1, 0.15) is 57.3 Å². The fraction of sp³-hybridized carbons (Fsp3) is 0.0588. The summed E-state index contributed by atoms with van der Waals surface area (Å²) >= 11 is 3.81. The highest BCUT2D eigenvalue weighted by molar-refractivity contribution is 7.99. The maximum Gasteiger partial charge on any atom is 0.0736 e. The van der Waals surface area contributed by atoms with Gasteiger partial charge in [0.15, 0.2) is 0 Å². The second kappa shape index (κ2) is 15.2. The van der Waals surface area contributed by atoms with Crippen LogP contribution in [-0.2, 0) is 10.8 Å². The monoisotopic (exact) mass is 952 g/mol. The zero-order valence-electron chi connectivity index (χ0n) is 39.2. The number of anilines is 3. The standard InChI is InChI=1S/C68H44N2S2/c1-2-18-43(19-3-1)70-61-29-13-6-22-50(61)51-38-35-46(42-62(51)70)69(44-36-39-55-52(40-44)48-21-5-8-24-54(48)67(55)56-25-9-14-30-63(56)71-64-31-15-10-26-57(64)67)45-34-37-49-47-20-4-7-23-53(47)68(60(49)41-45)58-27-11-16-32-65(58)72-66-33-17-12-28-59(66)68/h1-4,6-20,22-42H,5,21H2. The van der Waals surface area contributed by atoms with E-state index in [1.54, 1.807) is 0 Å². The van der Waals surface area contributed by atoms with Gasteiger partial charge in [-0.2, -0.15) is 0 Å². The lowest BCUT2D eigenvalue weighted by atomic mass is 9.66. The van der Waals surface area contributed by atoms with Gasteiger partial charge in [0, 0.05) is 53.1 Å². The molecule has 0 N–H and O–H groups in total. The number of rotatable bonds is 4. The molecule has 0 atom stereocenters. The lowest BCUT2D eigenvalue weighted by Crippen LogP contribution is -2.32. The van der Waals surface area contributed by atoms with E-state index in [2.05, 4.69) is 252 Å². The molecule has 3 heterocycles. The van der Waals surface area contributed by atoms with Crippen molar-refractivity contribution < 1.29 is 0 Å². The van der Waals surface area contributed by atoms with E-state index in [0.717, 1.165) is 35.6 Å². The summed E-state index contributed by atoms with van der Waals surface area (Å²) in [5, 5.41) is 2.49. The molecule has 338 valence electrons. The molecule has 0 saturated carbocycles. The Morgan fingerprint density at radius 3 is 1.60 bits per heavy atom. The van der Waals surface area contributed by atoms with Crippen molar-refractivity contribution in [3.05, 3.63) is 293 Å². The van der Waals surface area contributed by atoms with E-state index in [-0.39, 0.29) is 0 Å². The first-order valence-electron chi connectivity index (χ1n) is 25.1. The Balaban J connectivity index is 0.984. The van der Waals surface area contributed by atoms with E-state index in [4.69, 9.17) is 0 Å². The molecule has 5 aliphatic rings. The fourth-order valence-corrected chi connectivity index (χ4v) is 16.0. The average Bonchev–Trinajstić information content (AvgIpc) is 4.04. The largest absolute Gasteiger partial charge is 0.310 e. The van der Waals surface area contributed by atoms with Crippen molar-refractivity contribution in [1.29, 1.82) is 0 Å². The van der Waals surface area contributed by atoms with Gasteiger partial charge in [-0.15, -0.1) is 0 Å². The van der Waals surface area contributed by atoms with Crippen molar-refractivity contribution in [2.75, 3.05) is 4.90 Å². The molecule has 3 aliphatic carbocycles. The molecule has 10 aromatic carbocycles. The van der Waals surface area contributed by atoms with Crippen molar-refractivity contribution in [2.24, 2.45) is 0 Å². The Morgan fingerprint density at radius 2 is 0.889 bits per heavy atom. The van der Waals surface area contributed by atoms with Crippen molar-refractivity contribution >= 4 is 68.0 Å². The van der Waals surface area contributed by atoms with Gasteiger partial charge >= 0.3 is 0 Å². The molecule has 2 aliphatic heterocycles. The topological polar surface area (TPSA) is 8.17 Å². The first-order chi connectivity index (χ1) is 35.7. The predicted octanol–water partition coefficient (Wildman–Crippen LogP) is 18.0. The molecule has 0 amide bonds. The number of hydrogen-bond donors (Lipinski definition) is 0. The van der Waals surface area contributed by atoms with Crippen LogP contribution in [0.4, 0.5) is 17.1 Å². The normalized spacial score (nSPS) is 15.7. The molecule has 0 fully saturated rings. The van der Waals surface area contributed by atoms with Crippen LogP contribution in [0.2, 0.25) is 0 Å². The fourth-order valence-electron chi connectivity index (χ4n) is 13.6. The van der Waals surface area contributed by atoms with Gasteiger partial charge in [-0.05, 0) is 158 Å². The number of aromatic nitrogens is 1. The maximum atomic E-state index is 2.56. The van der Waals surface area contributed by atoms with Gasteiger partial charge in [0.1, 0.15) is 0 Å². The summed E-state index contributed by atoms with van der Waals surface area (Å²) in [5.41, 5.74) is 22.3. The van der Waals surface area contributed by atoms with Crippen LogP contribution in [0, 0.1) is 0 Å². The molecule has 2 nitrogen and oxygen atoms in total. The number of nitrogens with zero attached hydrogens (tertiary/aromatic N) is 2. The number of benzene rings is 10. The summed E-state index contributed by atoms with van der Waals surface area (Å²) < 4.78 is 2.45. The molecule has 0 bridgehead atoms. The molecule has 0 saturated heterocycles. The Morgan fingerprint density at radius 1 is 0.375 bits per heavy atom. The highest BCUT2D eigenvalue weighted by Gasteiger charge is 2.52. The summed E-state index contributed by atoms with van der Waals surface area (Å²) in [5.74, 6) is 0. The van der Waals surface area contributed by atoms with E-state index in [0.29, 0.717) is 0 Å². The van der Waals surface area contributed by atoms with E-state index < -0.39 is 10.8 Å². The number of allylic oxidation sites excluding steroid dienone is 4. The zero-order valence-corrected chi connectivity index (χ0v) is 40.9. The summed E-state index contributed by atoms with van der Waals surface area (Å²) in [4.78, 5) is 7.84. The Bertz CT molecular complexity index is 4100. The van der Waals surface area contributed by atoms with E-state index >= 15 is 0 Å². The summed E-state index contributed by atoms with van der Waals surface area (Å²) in [6.45, 7) is 0. The molecule has 11 aromatic rings. The van der Waals surface area contributed by atoms with Gasteiger partial charge in [0.05, 0.1) is 21.9 Å². The van der Waals surface area contributed by atoms with Gasteiger partial charge in [-0.3, -0.25) is 0 Å². The first-order valence-corrected chi connectivity index (χ1v) is 26.8. The van der Waals surface area contributed by atoms with Crippen LogP contribution in [0.15, 0.2) is 268 Å². The molecule has 0 unspecified atom stereocenters. The van der Waals surface area contributed by atoms with Gasteiger partial charge in [-0.25, -0.2) is 0 Å². The summed E-state index contributed by atoms with van der Waals surface area (Å²) in [7, 11) is 0. The third kappa shape index (κ3) is 5.33. The van der Waals surface area contributed by atoms with Crippen LogP contribution in [0.5, 0.6) is 0 Å². The molecule has 16 rings (SSSR count). The molecular formula is C68H44N2S2. The van der Waals surface area contributed by atoms with Gasteiger partial charge in [0.2, 0.25) is 0 Å². The predicted molar refractivity (Wildman–Crippen MR) is 299 cm³/mol. The highest BCUT2D eigenvalue weighted by atomic mass is 32.2. The zero-order chi connectivity index (χ0) is 47.1. The molecule has 1 aromatic heterocycles. The second-order valence-corrected chi connectivity index (χ2v) is 21.9. The third-order valence-electron chi connectivity index (χ3n) is 16.4. The van der Waals surface area contributed by atoms with Crippen LogP contribution >= 0.6 is 23.5 Å². The number of fused-ring (bicyclic) bond motifs is 20. The smallest absolute Gasteiger partial charge is 0.0736 e. The second-order valence-electron chi connectivity index (χ2n) is 19.8. The lowest BCUT2D eigenvalue weighted by Gasteiger charge is -2.41. The van der Waals surface area contributed by atoms with E-state index in [1.807, 2.05) is 23.5 Å². The minimum absolute atomic E-state index is 0.412.